The van der Waals surface area contributed by atoms with E-state index in [1.807, 2.05) is 35.0 Å². The molecular weight excluding hydrogens is 402 g/mol. The van der Waals surface area contributed by atoms with Gasteiger partial charge in [0, 0.05) is 40.6 Å². The van der Waals surface area contributed by atoms with Gasteiger partial charge in [-0.25, -0.2) is 4.68 Å². The third-order valence-corrected chi connectivity index (χ3v) is 5.47. The predicted octanol–water partition coefficient (Wildman–Crippen LogP) is 4.26. The molecule has 0 bridgehead atoms. The molecule has 2 aromatic heterocycles. The minimum Gasteiger partial charge on any atom is -0.322 e. The van der Waals surface area contributed by atoms with Gasteiger partial charge in [0.1, 0.15) is 0 Å². The van der Waals surface area contributed by atoms with Gasteiger partial charge in [-0.3, -0.25) is 14.6 Å². The van der Waals surface area contributed by atoms with Crippen molar-refractivity contribution in [1.82, 2.24) is 14.8 Å². The van der Waals surface area contributed by atoms with Crippen LogP contribution in [0, 0.1) is 0 Å². The SMILES string of the molecule is O=C(Nc1cccc(NC(=O)c2nn(-c3ccccc3)c3c2CCC3)c1)c1ccncc1. The summed E-state index contributed by atoms with van der Waals surface area (Å²) in [5.74, 6) is -0.495. The van der Waals surface area contributed by atoms with Gasteiger partial charge in [-0.05, 0) is 61.7 Å². The maximum Gasteiger partial charge on any atom is 0.276 e. The van der Waals surface area contributed by atoms with E-state index >= 15 is 0 Å². The molecule has 1 aliphatic rings. The third kappa shape index (κ3) is 3.88. The van der Waals surface area contributed by atoms with Crippen LogP contribution in [-0.2, 0) is 12.8 Å². The second kappa shape index (κ2) is 8.47. The number of anilines is 2. The molecule has 2 amide bonds. The first-order valence-electron chi connectivity index (χ1n) is 10.5. The fraction of sp³-hybridized carbons (Fsp3) is 0.120. The van der Waals surface area contributed by atoms with Gasteiger partial charge in [-0.15, -0.1) is 0 Å². The van der Waals surface area contributed by atoms with Crippen LogP contribution in [0.4, 0.5) is 11.4 Å². The zero-order valence-electron chi connectivity index (χ0n) is 17.3. The second-order valence-electron chi connectivity index (χ2n) is 7.60. The maximum absolute atomic E-state index is 13.1. The summed E-state index contributed by atoms with van der Waals surface area (Å²) >= 11 is 0. The summed E-state index contributed by atoms with van der Waals surface area (Å²) < 4.78 is 1.88. The van der Waals surface area contributed by atoms with Crippen molar-refractivity contribution < 1.29 is 9.59 Å². The fourth-order valence-corrected chi connectivity index (χ4v) is 3.97. The number of nitrogens with zero attached hydrogens (tertiary/aromatic N) is 3. The van der Waals surface area contributed by atoms with E-state index < -0.39 is 0 Å². The number of para-hydroxylation sites is 1. The number of fused-ring (bicyclic) bond motifs is 1. The first kappa shape index (κ1) is 19.7. The van der Waals surface area contributed by atoms with E-state index in [1.54, 1.807) is 48.8 Å². The van der Waals surface area contributed by atoms with Crippen LogP contribution < -0.4 is 10.6 Å². The second-order valence-corrected chi connectivity index (χ2v) is 7.60. The molecule has 5 rings (SSSR count). The minimum absolute atomic E-state index is 0.240. The van der Waals surface area contributed by atoms with Crippen LogP contribution in [-0.4, -0.2) is 26.6 Å². The van der Waals surface area contributed by atoms with Gasteiger partial charge >= 0.3 is 0 Å². The van der Waals surface area contributed by atoms with Crippen molar-refractivity contribution in [1.29, 1.82) is 0 Å². The number of carbonyl (C=O) groups is 2. The molecule has 0 saturated carbocycles. The average Bonchev–Trinajstić information content (AvgIpc) is 3.43. The lowest BCUT2D eigenvalue weighted by atomic mass is 10.2. The molecule has 2 aromatic carbocycles. The zero-order valence-corrected chi connectivity index (χ0v) is 17.3. The summed E-state index contributed by atoms with van der Waals surface area (Å²) in [5, 5.41) is 10.4. The van der Waals surface area contributed by atoms with E-state index in [4.69, 9.17) is 0 Å². The predicted molar refractivity (Wildman–Crippen MR) is 122 cm³/mol. The number of hydrogen-bond donors (Lipinski definition) is 2. The first-order chi connectivity index (χ1) is 15.7. The molecule has 7 nitrogen and oxygen atoms in total. The number of nitrogens with one attached hydrogen (secondary N) is 2. The Morgan fingerprint density at radius 2 is 1.53 bits per heavy atom. The van der Waals surface area contributed by atoms with Crippen molar-refractivity contribution >= 4 is 23.2 Å². The highest BCUT2D eigenvalue weighted by atomic mass is 16.2. The molecule has 0 radical (unpaired) electrons. The summed E-state index contributed by atoms with van der Waals surface area (Å²) in [6.45, 7) is 0. The van der Waals surface area contributed by atoms with Gasteiger partial charge in [-0.1, -0.05) is 24.3 Å². The Labute approximate surface area is 185 Å². The number of hydrogen-bond acceptors (Lipinski definition) is 4. The molecule has 32 heavy (non-hydrogen) atoms. The van der Waals surface area contributed by atoms with Crippen LogP contribution in [0.3, 0.4) is 0 Å². The van der Waals surface area contributed by atoms with Crippen LogP contribution >= 0.6 is 0 Å². The van der Waals surface area contributed by atoms with Gasteiger partial charge < -0.3 is 10.6 Å². The van der Waals surface area contributed by atoms with Crippen molar-refractivity contribution in [3.63, 3.8) is 0 Å². The number of carbonyl (C=O) groups excluding carboxylic acids is 2. The Morgan fingerprint density at radius 1 is 0.812 bits per heavy atom. The first-order valence-corrected chi connectivity index (χ1v) is 10.5. The van der Waals surface area contributed by atoms with Crippen molar-refractivity contribution in [2.24, 2.45) is 0 Å². The molecule has 2 heterocycles. The smallest absolute Gasteiger partial charge is 0.276 e. The monoisotopic (exact) mass is 423 g/mol. The molecular formula is C25H21N5O2. The largest absolute Gasteiger partial charge is 0.322 e. The van der Waals surface area contributed by atoms with Crippen LogP contribution in [0.5, 0.6) is 0 Å². The van der Waals surface area contributed by atoms with E-state index in [2.05, 4.69) is 20.7 Å². The average molecular weight is 423 g/mol. The van der Waals surface area contributed by atoms with Crippen LogP contribution in [0.1, 0.15) is 38.5 Å². The molecule has 4 aromatic rings. The van der Waals surface area contributed by atoms with Gasteiger partial charge in [0.25, 0.3) is 11.8 Å². The maximum atomic E-state index is 13.1. The Kier molecular flexibility index (Phi) is 5.21. The summed E-state index contributed by atoms with van der Waals surface area (Å²) in [6.07, 6.45) is 5.89. The lowest BCUT2D eigenvalue weighted by Gasteiger charge is -2.09. The van der Waals surface area contributed by atoms with Gasteiger partial charge in [0.15, 0.2) is 5.69 Å². The number of pyridine rings is 1. The number of amides is 2. The summed E-state index contributed by atoms with van der Waals surface area (Å²) in [6, 6.07) is 20.2. The number of benzene rings is 2. The zero-order chi connectivity index (χ0) is 21.9. The summed E-state index contributed by atoms with van der Waals surface area (Å²) in [5.41, 5.74) is 5.19. The van der Waals surface area contributed by atoms with E-state index in [0.717, 1.165) is 36.2 Å². The van der Waals surface area contributed by atoms with Crippen molar-refractivity contribution in [2.45, 2.75) is 19.3 Å². The summed E-state index contributed by atoms with van der Waals surface area (Å²) in [7, 11) is 0. The quantitative estimate of drug-likeness (QED) is 0.502. The van der Waals surface area contributed by atoms with Crippen LogP contribution in [0.15, 0.2) is 79.1 Å². The highest BCUT2D eigenvalue weighted by Gasteiger charge is 2.27. The van der Waals surface area contributed by atoms with E-state index in [-0.39, 0.29) is 11.8 Å². The van der Waals surface area contributed by atoms with Gasteiger partial charge in [-0.2, -0.15) is 5.10 Å². The Bertz CT molecular complexity index is 1280. The number of rotatable bonds is 5. The van der Waals surface area contributed by atoms with Crippen molar-refractivity contribution in [2.75, 3.05) is 10.6 Å². The topological polar surface area (TPSA) is 88.9 Å². The fourth-order valence-electron chi connectivity index (χ4n) is 3.97. The Morgan fingerprint density at radius 3 is 2.28 bits per heavy atom. The van der Waals surface area contributed by atoms with E-state index in [9.17, 15) is 9.59 Å². The molecule has 0 unspecified atom stereocenters. The lowest BCUT2D eigenvalue weighted by Crippen LogP contribution is -2.16. The Balaban J connectivity index is 1.36. The lowest BCUT2D eigenvalue weighted by molar-refractivity contribution is 0.101. The molecule has 0 saturated heterocycles. The normalized spacial score (nSPS) is 12.2. The van der Waals surface area contributed by atoms with Crippen molar-refractivity contribution in [3.05, 3.63) is 102 Å². The van der Waals surface area contributed by atoms with Crippen LogP contribution in [0.2, 0.25) is 0 Å². The third-order valence-electron chi connectivity index (χ3n) is 5.47. The molecule has 0 fully saturated rings. The minimum atomic E-state index is -0.254. The molecule has 158 valence electrons. The van der Waals surface area contributed by atoms with Gasteiger partial charge in [0.2, 0.25) is 0 Å². The number of aromatic nitrogens is 3. The molecule has 0 spiro atoms. The molecule has 1 aliphatic carbocycles. The molecule has 0 atom stereocenters. The van der Waals surface area contributed by atoms with E-state index in [0.29, 0.717) is 22.6 Å². The van der Waals surface area contributed by atoms with Crippen LogP contribution in [0.25, 0.3) is 5.69 Å². The summed E-state index contributed by atoms with van der Waals surface area (Å²) in [4.78, 5) is 29.4. The molecule has 7 heteroatoms. The van der Waals surface area contributed by atoms with E-state index in [1.165, 1.54) is 0 Å². The van der Waals surface area contributed by atoms with Gasteiger partial charge in [0.05, 0.1) is 5.69 Å². The highest BCUT2D eigenvalue weighted by molar-refractivity contribution is 6.06. The molecule has 2 N–H and O–H groups in total. The van der Waals surface area contributed by atoms with Crippen molar-refractivity contribution in [3.8, 4) is 5.69 Å². The highest BCUT2D eigenvalue weighted by Crippen LogP contribution is 2.28. The standard InChI is InChI=1S/C25H21N5O2/c31-24(17-12-14-26-15-13-17)27-18-6-4-7-19(16-18)28-25(32)23-21-10-5-11-22(21)30(29-23)20-8-2-1-3-9-20/h1-4,6-9,12-16H,5,10-11H2,(H,27,31)(H,28,32). The Hall–Kier alpha value is -4.26. The molecule has 0 aliphatic heterocycles.